The molecule has 2 rings (SSSR count). The summed E-state index contributed by atoms with van der Waals surface area (Å²) >= 11 is 0. The van der Waals surface area contributed by atoms with E-state index in [0.717, 1.165) is 18.5 Å². The van der Waals surface area contributed by atoms with Crippen LogP contribution in [0.1, 0.15) is 32.3 Å². The second-order valence-electron chi connectivity index (χ2n) is 5.57. The molecule has 0 atom stereocenters. The van der Waals surface area contributed by atoms with Crippen LogP contribution in [0.4, 0.5) is 4.39 Å². The lowest BCUT2D eigenvalue weighted by molar-refractivity contribution is 0.166. The molecule has 0 saturated carbocycles. The summed E-state index contributed by atoms with van der Waals surface area (Å²) in [6.07, 6.45) is 2.33. The summed E-state index contributed by atoms with van der Waals surface area (Å²) in [5.74, 6) is -0.575. The van der Waals surface area contributed by atoms with E-state index in [1.165, 1.54) is 18.6 Å². The van der Waals surface area contributed by atoms with E-state index in [0.29, 0.717) is 6.54 Å². The zero-order valence-corrected chi connectivity index (χ0v) is 10.9. The molecule has 1 aliphatic rings. The Morgan fingerprint density at radius 2 is 2.11 bits per heavy atom. The fourth-order valence-corrected chi connectivity index (χ4v) is 2.57. The predicted molar refractivity (Wildman–Crippen MR) is 69.9 cm³/mol. The molecule has 18 heavy (non-hydrogen) atoms. The molecule has 1 saturated heterocycles. The Kier molecular flexibility index (Phi) is 3.75. The summed E-state index contributed by atoms with van der Waals surface area (Å²) in [7, 11) is -1.75. The minimum Gasteiger partial charge on any atom is -0.423 e. The molecular weight excluding hydrogens is 232 g/mol. The van der Waals surface area contributed by atoms with E-state index in [2.05, 4.69) is 18.7 Å². The number of rotatable bonds is 3. The van der Waals surface area contributed by atoms with Crippen LogP contribution in [0.5, 0.6) is 0 Å². The van der Waals surface area contributed by atoms with Gasteiger partial charge >= 0.3 is 7.12 Å². The van der Waals surface area contributed by atoms with Crippen molar-refractivity contribution in [2.45, 2.75) is 38.8 Å². The van der Waals surface area contributed by atoms with Gasteiger partial charge in [0, 0.05) is 17.5 Å². The number of hydrogen-bond acceptors (Lipinski definition) is 3. The van der Waals surface area contributed by atoms with E-state index < -0.39 is 12.9 Å². The normalized spacial score (nSPS) is 19.2. The van der Waals surface area contributed by atoms with Crippen molar-refractivity contribution in [2.75, 3.05) is 6.54 Å². The highest BCUT2D eigenvalue weighted by Gasteiger charge is 2.31. The van der Waals surface area contributed by atoms with Gasteiger partial charge in [0.05, 0.1) is 0 Å². The number of nitrogens with zero attached hydrogens (tertiary/aromatic N) is 1. The largest absolute Gasteiger partial charge is 0.491 e. The van der Waals surface area contributed by atoms with E-state index in [-0.39, 0.29) is 11.0 Å². The fraction of sp³-hybridized carbons (Fsp3) is 0.538. The van der Waals surface area contributed by atoms with Gasteiger partial charge in [0.25, 0.3) is 0 Å². The maximum Gasteiger partial charge on any atom is 0.491 e. The molecule has 1 aromatic rings. The van der Waals surface area contributed by atoms with E-state index in [4.69, 9.17) is 10.0 Å². The summed E-state index contributed by atoms with van der Waals surface area (Å²) < 4.78 is 13.4. The minimum absolute atomic E-state index is 0.0514. The Morgan fingerprint density at radius 1 is 1.39 bits per heavy atom. The molecule has 0 spiro atoms. The highest BCUT2D eigenvalue weighted by atomic mass is 19.1. The maximum atomic E-state index is 13.4. The molecule has 1 heterocycles. The Balaban J connectivity index is 2.17. The predicted octanol–water partition coefficient (Wildman–Crippen LogP) is 0.880. The van der Waals surface area contributed by atoms with Gasteiger partial charge in [-0.3, -0.25) is 4.90 Å². The van der Waals surface area contributed by atoms with Gasteiger partial charge in [-0.25, -0.2) is 4.39 Å². The number of hydrogen-bond donors (Lipinski definition) is 2. The lowest BCUT2D eigenvalue weighted by Gasteiger charge is -2.31. The third kappa shape index (κ3) is 2.74. The van der Waals surface area contributed by atoms with Crippen LogP contribution in [0, 0.1) is 5.82 Å². The minimum atomic E-state index is -1.75. The molecule has 5 heteroatoms. The SMILES string of the molecule is CC1(C)CCCN1Cc1ccc(F)c(B(O)O)c1. The molecule has 2 N–H and O–H groups in total. The lowest BCUT2D eigenvalue weighted by Crippen LogP contribution is -2.38. The molecule has 98 valence electrons. The number of likely N-dealkylation sites (tertiary alicyclic amines) is 1. The molecule has 0 radical (unpaired) electrons. The molecule has 0 bridgehead atoms. The summed E-state index contributed by atoms with van der Waals surface area (Å²) in [6, 6.07) is 4.54. The van der Waals surface area contributed by atoms with E-state index >= 15 is 0 Å². The van der Waals surface area contributed by atoms with Gasteiger partial charge in [-0.05, 0) is 44.9 Å². The summed E-state index contributed by atoms with van der Waals surface area (Å²) in [6.45, 7) is 6.14. The van der Waals surface area contributed by atoms with Crippen LogP contribution in [0.25, 0.3) is 0 Å². The molecule has 1 aromatic carbocycles. The average Bonchev–Trinajstić information content (AvgIpc) is 2.60. The molecule has 1 aliphatic heterocycles. The molecule has 3 nitrogen and oxygen atoms in total. The monoisotopic (exact) mass is 251 g/mol. The van der Waals surface area contributed by atoms with Crippen LogP contribution in [0.3, 0.4) is 0 Å². The first-order valence-electron chi connectivity index (χ1n) is 6.30. The first-order valence-corrected chi connectivity index (χ1v) is 6.30. The van der Waals surface area contributed by atoms with Crippen molar-refractivity contribution in [2.24, 2.45) is 0 Å². The van der Waals surface area contributed by atoms with Crippen molar-refractivity contribution < 1.29 is 14.4 Å². The summed E-state index contributed by atoms with van der Waals surface area (Å²) in [4.78, 5) is 2.34. The Labute approximate surface area is 107 Å². The van der Waals surface area contributed by atoms with Crippen LogP contribution in [-0.2, 0) is 6.54 Å². The van der Waals surface area contributed by atoms with Crippen LogP contribution in [0.15, 0.2) is 18.2 Å². The van der Waals surface area contributed by atoms with Crippen molar-refractivity contribution in [3.05, 3.63) is 29.6 Å². The van der Waals surface area contributed by atoms with Gasteiger partial charge in [-0.15, -0.1) is 0 Å². The Bertz CT molecular complexity index is 437. The summed E-state index contributed by atoms with van der Waals surface area (Å²) in [5, 5.41) is 18.2. The van der Waals surface area contributed by atoms with Gasteiger partial charge in [0.15, 0.2) is 0 Å². The van der Waals surface area contributed by atoms with Crippen molar-refractivity contribution in [1.82, 2.24) is 4.90 Å². The summed E-state index contributed by atoms with van der Waals surface area (Å²) in [5.41, 5.74) is 1.02. The standard InChI is InChI=1S/C13H19BFNO2/c1-13(2)6-3-7-16(13)9-10-4-5-12(15)11(8-10)14(17)18/h4-5,8,17-18H,3,6-7,9H2,1-2H3. The Hall–Kier alpha value is -0.905. The molecule has 0 aliphatic carbocycles. The topological polar surface area (TPSA) is 43.7 Å². The second-order valence-corrected chi connectivity index (χ2v) is 5.57. The molecule has 0 unspecified atom stereocenters. The third-order valence-electron chi connectivity index (χ3n) is 3.78. The zero-order valence-electron chi connectivity index (χ0n) is 10.9. The number of halogens is 1. The van der Waals surface area contributed by atoms with Gasteiger partial charge in [0.1, 0.15) is 5.82 Å². The first kappa shape index (κ1) is 13.5. The fourth-order valence-electron chi connectivity index (χ4n) is 2.57. The zero-order chi connectivity index (χ0) is 13.3. The molecular formula is C13H19BFNO2. The average molecular weight is 251 g/mol. The number of benzene rings is 1. The van der Waals surface area contributed by atoms with Gasteiger partial charge in [-0.2, -0.15) is 0 Å². The second kappa shape index (κ2) is 5.00. The van der Waals surface area contributed by atoms with Crippen molar-refractivity contribution in [3.8, 4) is 0 Å². The van der Waals surface area contributed by atoms with Crippen LogP contribution in [0.2, 0.25) is 0 Å². The van der Waals surface area contributed by atoms with Crippen molar-refractivity contribution in [3.63, 3.8) is 0 Å². The van der Waals surface area contributed by atoms with Gasteiger partial charge in [-0.1, -0.05) is 12.1 Å². The lowest BCUT2D eigenvalue weighted by atomic mass is 9.79. The van der Waals surface area contributed by atoms with E-state index in [1.807, 2.05) is 0 Å². The Morgan fingerprint density at radius 3 is 2.67 bits per heavy atom. The van der Waals surface area contributed by atoms with E-state index in [9.17, 15) is 4.39 Å². The smallest absolute Gasteiger partial charge is 0.423 e. The molecule has 0 aromatic heterocycles. The van der Waals surface area contributed by atoms with Crippen LogP contribution >= 0.6 is 0 Å². The van der Waals surface area contributed by atoms with Crippen molar-refractivity contribution >= 4 is 12.6 Å². The van der Waals surface area contributed by atoms with Crippen LogP contribution < -0.4 is 5.46 Å². The maximum absolute atomic E-state index is 13.4. The van der Waals surface area contributed by atoms with Gasteiger partial charge < -0.3 is 10.0 Å². The van der Waals surface area contributed by atoms with Crippen molar-refractivity contribution in [1.29, 1.82) is 0 Å². The highest BCUT2D eigenvalue weighted by Crippen LogP contribution is 2.29. The van der Waals surface area contributed by atoms with Gasteiger partial charge in [0.2, 0.25) is 0 Å². The van der Waals surface area contributed by atoms with E-state index in [1.54, 1.807) is 6.07 Å². The quantitative estimate of drug-likeness (QED) is 0.784. The molecule has 0 amide bonds. The highest BCUT2D eigenvalue weighted by molar-refractivity contribution is 6.58. The first-order chi connectivity index (χ1) is 8.40. The molecule has 1 fully saturated rings. The third-order valence-corrected chi connectivity index (χ3v) is 3.78. The van der Waals surface area contributed by atoms with Crippen LogP contribution in [-0.4, -0.2) is 34.2 Å².